The molecule has 2 saturated carbocycles. The first-order valence-electron chi connectivity index (χ1n) is 9.71. The third-order valence-corrected chi connectivity index (χ3v) is 5.75. The van der Waals surface area contributed by atoms with E-state index >= 15 is 0 Å². The smallest absolute Gasteiger partial charge is 0.306 e. The van der Waals surface area contributed by atoms with Crippen molar-refractivity contribution in [2.24, 2.45) is 17.8 Å². The van der Waals surface area contributed by atoms with Crippen molar-refractivity contribution in [2.75, 3.05) is 6.61 Å². The zero-order valence-corrected chi connectivity index (χ0v) is 15.5. The second-order valence-corrected chi connectivity index (χ2v) is 7.87. The van der Waals surface area contributed by atoms with Gasteiger partial charge in [-0.05, 0) is 61.1 Å². The van der Waals surface area contributed by atoms with Gasteiger partial charge in [0, 0.05) is 6.07 Å². The molecule has 2 aliphatic rings. The maximum atomic E-state index is 11.5. The standard InChI is InChI=1S/C21H26N2O4/c1-13(21(24)25)20(15-5-6-15)16-3-2-4-17(11-16)26-12-14-9-18(10-14)27-19-7-8-22-23-19/h2-4,7-8,11,13-15,18,20H,5-6,9-10,12H2,1H3,(H,22,23)(H,24,25). The lowest BCUT2D eigenvalue weighted by atomic mass is 9.82. The van der Waals surface area contributed by atoms with Crippen LogP contribution in [-0.4, -0.2) is 34.0 Å². The van der Waals surface area contributed by atoms with Gasteiger partial charge in [0.25, 0.3) is 0 Å². The Morgan fingerprint density at radius 1 is 1.33 bits per heavy atom. The SMILES string of the molecule is CC(C(=O)O)C(c1cccc(OCC2CC(Oc3ccn[nH]3)C2)c1)C1CC1. The summed E-state index contributed by atoms with van der Waals surface area (Å²) < 4.78 is 11.8. The molecule has 2 unspecified atom stereocenters. The van der Waals surface area contributed by atoms with Gasteiger partial charge >= 0.3 is 5.97 Å². The highest BCUT2D eigenvalue weighted by atomic mass is 16.5. The van der Waals surface area contributed by atoms with E-state index in [9.17, 15) is 9.90 Å². The molecule has 0 bridgehead atoms. The van der Waals surface area contributed by atoms with Crippen LogP contribution >= 0.6 is 0 Å². The van der Waals surface area contributed by atoms with Gasteiger partial charge in [-0.25, -0.2) is 5.10 Å². The summed E-state index contributed by atoms with van der Waals surface area (Å²) >= 11 is 0. The monoisotopic (exact) mass is 370 g/mol. The van der Waals surface area contributed by atoms with E-state index in [0.29, 0.717) is 24.3 Å². The van der Waals surface area contributed by atoms with E-state index in [1.54, 1.807) is 6.20 Å². The molecule has 1 aromatic carbocycles. The second kappa shape index (κ2) is 7.62. The summed E-state index contributed by atoms with van der Waals surface area (Å²) in [4.78, 5) is 11.5. The zero-order valence-electron chi connectivity index (χ0n) is 15.5. The van der Waals surface area contributed by atoms with E-state index in [4.69, 9.17) is 9.47 Å². The van der Waals surface area contributed by atoms with Gasteiger partial charge in [-0.1, -0.05) is 19.1 Å². The molecule has 2 aromatic rings. The molecule has 0 spiro atoms. The number of hydrogen-bond donors (Lipinski definition) is 2. The summed E-state index contributed by atoms with van der Waals surface area (Å²) in [6.45, 7) is 2.47. The van der Waals surface area contributed by atoms with Gasteiger partial charge in [-0.2, -0.15) is 5.10 Å². The van der Waals surface area contributed by atoms with Crippen LogP contribution in [0.5, 0.6) is 11.6 Å². The van der Waals surface area contributed by atoms with Crippen molar-refractivity contribution in [1.29, 1.82) is 0 Å². The molecule has 1 heterocycles. The van der Waals surface area contributed by atoms with E-state index < -0.39 is 5.97 Å². The van der Waals surface area contributed by atoms with Crippen LogP contribution in [-0.2, 0) is 4.79 Å². The number of aliphatic carboxylic acids is 1. The van der Waals surface area contributed by atoms with Crippen LogP contribution in [0, 0.1) is 17.8 Å². The molecule has 0 saturated heterocycles. The molecule has 6 heteroatoms. The molecule has 0 aliphatic heterocycles. The molecule has 2 atom stereocenters. The van der Waals surface area contributed by atoms with Crippen molar-refractivity contribution in [3.8, 4) is 11.6 Å². The van der Waals surface area contributed by atoms with Crippen molar-refractivity contribution in [3.63, 3.8) is 0 Å². The van der Waals surface area contributed by atoms with Gasteiger partial charge in [-0.15, -0.1) is 0 Å². The Hall–Kier alpha value is -2.50. The van der Waals surface area contributed by atoms with Crippen LogP contribution in [0.3, 0.4) is 0 Å². The number of carbonyl (C=O) groups is 1. The van der Waals surface area contributed by atoms with Gasteiger partial charge in [0.15, 0.2) is 0 Å². The van der Waals surface area contributed by atoms with Crippen LogP contribution in [0.2, 0.25) is 0 Å². The average Bonchev–Trinajstić information content (AvgIpc) is 3.31. The molecule has 0 radical (unpaired) electrons. The van der Waals surface area contributed by atoms with E-state index in [1.165, 1.54) is 0 Å². The lowest BCUT2D eigenvalue weighted by Crippen LogP contribution is -2.37. The van der Waals surface area contributed by atoms with Crippen LogP contribution in [0.25, 0.3) is 0 Å². The number of nitrogens with one attached hydrogen (secondary N) is 1. The minimum atomic E-state index is -0.726. The normalized spacial score (nSPS) is 23.9. The summed E-state index contributed by atoms with van der Waals surface area (Å²) in [5.41, 5.74) is 1.08. The van der Waals surface area contributed by atoms with Crippen molar-refractivity contribution in [3.05, 3.63) is 42.1 Å². The number of nitrogens with zero attached hydrogens (tertiary/aromatic N) is 1. The van der Waals surface area contributed by atoms with Crippen molar-refractivity contribution >= 4 is 5.97 Å². The van der Waals surface area contributed by atoms with Gasteiger partial charge in [-0.3, -0.25) is 4.79 Å². The maximum Gasteiger partial charge on any atom is 0.306 e. The zero-order chi connectivity index (χ0) is 18.8. The molecule has 27 heavy (non-hydrogen) atoms. The Morgan fingerprint density at radius 2 is 2.15 bits per heavy atom. The summed E-state index contributed by atoms with van der Waals surface area (Å²) in [6, 6.07) is 9.81. The molecule has 2 N–H and O–H groups in total. The van der Waals surface area contributed by atoms with Gasteiger partial charge in [0.2, 0.25) is 5.88 Å². The topological polar surface area (TPSA) is 84.4 Å². The largest absolute Gasteiger partial charge is 0.493 e. The molecular formula is C21H26N2O4. The third-order valence-electron chi connectivity index (χ3n) is 5.75. The molecule has 2 fully saturated rings. The maximum absolute atomic E-state index is 11.5. The van der Waals surface area contributed by atoms with E-state index in [-0.39, 0.29) is 17.9 Å². The summed E-state index contributed by atoms with van der Waals surface area (Å²) in [5, 5.41) is 16.1. The van der Waals surface area contributed by atoms with Crippen LogP contribution in [0.1, 0.15) is 44.1 Å². The fourth-order valence-electron chi connectivity index (χ4n) is 4.00. The Balaban J connectivity index is 1.30. The highest BCUT2D eigenvalue weighted by Crippen LogP contribution is 2.47. The molecular weight excluding hydrogens is 344 g/mol. The third kappa shape index (κ3) is 4.26. The Kier molecular flexibility index (Phi) is 5.05. The first-order valence-corrected chi connectivity index (χ1v) is 9.71. The number of H-pyrrole nitrogens is 1. The molecule has 4 rings (SSSR count). The number of rotatable bonds is 9. The Morgan fingerprint density at radius 3 is 2.81 bits per heavy atom. The van der Waals surface area contributed by atoms with Gasteiger partial charge in [0.05, 0.1) is 18.7 Å². The average molecular weight is 370 g/mol. The summed E-state index contributed by atoms with van der Waals surface area (Å²) in [6.07, 6.45) is 6.09. The number of carboxylic acid groups (broad SMARTS) is 1. The first kappa shape index (κ1) is 17.9. The molecule has 0 amide bonds. The number of aromatic nitrogens is 2. The predicted octanol–water partition coefficient (Wildman–Crippen LogP) is 3.86. The van der Waals surface area contributed by atoms with E-state index in [2.05, 4.69) is 10.2 Å². The predicted molar refractivity (Wildman–Crippen MR) is 99.9 cm³/mol. The molecule has 144 valence electrons. The van der Waals surface area contributed by atoms with Crippen molar-refractivity contribution in [2.45, 2.75) is 44.6 Å². The van der Waals surface area contributed by atoms with Gasteiger partial charge in [0.1, 0.15) is 11.9 Å². The van der Waals surface area contributed by atoms with Crippen molar-refractivity contribution in [1.82, 2.24) is 10.2 Å². The first-order chi connectivity index (χ1) is 13.1. The molecule has 2 aliphatic carbocycles. The fourth-order valence-corrected chi connectivity index (χ4v) is 4.00. The number of carboxylic acids is 1. The quantitative estimate of drug-likeness (QED) is 0.700. The summed E-state index contributed by atoms with van der Waals surface area (Å²) in [5.74, 6) is 1.48. The lowest BCUT2D eigenvalue weighted by molar-refractivity contribution is -0.142. The number of benzene rings is 1. The highest BCUT2D eigenvalue weighted by Gasteiger charge is 2.38. The highest BCUT2D eigenvalue weighted by molar-refractivity contribution is 5.71. The minimum absolute atomic E-state index is 0.0712. The minimum Gasteiger partial charge on any atom is -0.493 e. The second-order valence-electron chi connectivity index (χ2n) is 7.87. The Labute approximate surface area is 158 Å². The van der Waals surface area contributed by atoms with Gasteiger partial charge < -0.3 is 14.6 Å². The van der Waals surface area contributed by atoms with Crippen LogP contribution in [0.15, 0.2) is 36.5 Å². The summed E-state index contributed by atoms with van der Waals surface area (Å²) in [7, 11) is 0. The molecule has 6 nitrogen and oxygen atoms in total. The van der Waals surface area contributed by atoms with Crippen molar-refractivity contribution < 1.29 is 19.4 Å². The number of hydrogen-bond acceptors (Lipinski definition) is 4. The van der Waals surface area contributed by atoms with Crippen LogP contribution < -0.4 is 9.47 Å². The van der Waals surface area contributed by atoms with E-state index in [0.717, 1.165) is 37.0 Å². The Bertz CT molecular complexity index is 766. The number of ether oxygens (including phenoxy) is 2. The molecule has 1 aromatic heterocycles. The van der Waals surface area contributed by atoms with E-state index in [1.807, 2.05) is 37.3 Å². The number of aromatic amines is 1. The lowest BCUT2D eigenvalue weighted by Gasteiger charge is -2.34. The fraction of sp³-hybridized carbons (Fsp3) is 0.524. The van der Waals surface area contributed by atoms with Crippen LogP contribution in [0.4, 0.5) is 0 Å².